The highest BCUT2D eigenvalue weighted by Gasteiger charge is 2.15. The molecule has 2 amide bonds. The Balaban J connectivity index is 1.60. The van der Waals surface area contributed by atoms with Gasteiger partial charge in [0.25, 0.3) is 0 Å². The maximum Gasteiger partial charge on any atom is 0.314 e. The van der Waals surface area contributed by atoms with Gasteiger partial charge in [0.05, 0.1) is 0 Å². The lowest BCUT2D eigenvalue weighted by molar-refractivity contribution is -0.133. The van der Waals surface area contributed by atoms with Gasteiger partial charge >= 0.3 is 11.8 Å². The SMILES string of the molecule is Cc1cccc(NC(=O)C(=O)Nc2ccc(Oc3ccccc3)cc2)c1C. The van der Waals surface area contributed by atoms with Gasteiger partial charge in [-0.1, -0.05) is 30.3 Å². The number of ether oxygens (including phenoxy) is 1. The first-order valence-corrected chi connectivity index (χ1v) is 8.54. The monoisotopic (exact) mass is 360 g/mol. The Morgan fingerprint density at radius 2 is 1.33 bits per heavy atom. The molecule has 0 heterocycles. The molecule has 0 atom stereocenters. The van der Waals surface area contributed by atoms with Crippen molar-refractivity contribution in [3.8, 4) is 11.5 Å². The van der Waals surface area contributed by atoms with Crippen LogP contribution in [0, 0.1) is 13.8 Å². The van der Waals surface area contributed by atoms with Crippen molar-refractivity contribution in [3.63, 3.8) is 0 Å². The molecule has 0 aliphatic carbocycles. The maximum absolute atomic E-state index is 12.1. The van der Waals surface area contributed by atoms with Crippen LogP contribution in [-0.4, -0.2) is 11.8 Å². The molecule has 2 N–H and O–H groups in total. The molecule has 5 heteroatoms. The summed E-state index contributed by atoms with van der Waals surface area (Å²) in [6.07, 6.45) is 0. The van der Waals surface area contributed by atoms with E-state index in [-0.39, 0.29) is 0 Å². The Kier molecular flexibility index (Phi) is 5.52. The summed E-state index contributed by atoms with van der Waals surface area (Å²) >= 11 is 0. The highest BCUT2D eigenvalue weighted by atomic mass is 16.5. The van der Waals surface area contributed by atoms with Crippen LogP contribution in [0.4, 0.5) is 11.4 Å². The molecule has 3 rings (SSSR count). The summed E-state index contributed by atoms with van der Waals surface area (Å²) in [5.41, 5.74) is 3.11. The van der Waals surface area contributed by atoms with Crippen molar-refractivity contribution in [1.29, 1.82) is 0 Å². The van der Waals surface area contributed by atoms with Gasteiger partial charge in [-0.3, -0.25) is 9.59 Å². The summed E-state index contributed by atoms with van der Waals surface area (Å²) in [6, 6.07) is 21.8. The lowest BCUT2D eigenvalue weighted by atomic mass is 10.1. The number of amides is 2. The van der Waals surface area contributed by atoms with E-state index in [2.05, 4.69) is 10.6 Å². The van der Waals surface area contributed by atoms with Crippen LogP contribution in [0.15, 0.2) is 72.8 Å². The predicted octanol–water partition coefficient (Wildman–Crippen LogP) is 4.67. The second-order valence-electron chi connectivity index (χ2n) is 6.10. The molecular weight excluding hydrogens is 340 g/mol. The van der Waals surface area contributed by atoms with Crippen molar-refractivity contribution in [3.05, 3.63) is 83.9 Å². The van der Waals surface area contributed by atoms with Crippen LogP contribution < -0.4 is 15.4 Å². The Morgan fingerprint density at radius 3 is 2.04 bits per heavy atom. The van der Waals surface area contributed by atoms with Gasteiger partial charge in [0.15, 0.2) is 0 Å². The summed E-state index contributed by atoms with van der Waals surface area (Å²) in [5, 5.41) is 5.22. The fourth-order valence-electron chi connectivity index (χ4n) is 2.48. The second-order valence-corrected chi connectivity index (χ2v) is 6.10. The molecular formula is C22H20N2O3. The molecule has 0 aliphatic heterocycles. The zero-order chi connectivity index (χ0) is 19.2. The third-order valence-electron chi connectivity index (χ3n) is 4.15. The summed E-state index contributed by atoms with van der Waals surface area (Å²) in [6.45, 7) is 3.85. The fraction of sp³-hybridized carbons (Fsp3) is 0.0909. The molecule has 0 bridgehead atoms. The lowest BCUT2D eigenvalue weighted by Gasteiger charge is -2.11. The van der Waals surface area contributed by atoms with Crippen molar-refractivity contribution < 1.29 is 14.3 Å². The average molecular weight is 360 g/mol. The van der Waals surface area contributed by atoms with Crippen LogP contribution in [0.3, 0.4) is 0 Å². The van der Waals surface area contributed by atoms with Gasteiger partial charge in [-0.05, 0) is 67.4 Å². The van der Waals surface area contributed by atoms with E-state index in [4.69, 9.17) is 4.74 Å². The molecule has 0 aliphatic rings. The van der Waals surface area contributed by atoms with E-state index >= 15 is 0 Å². The summed E-state index contributed by atoms with van der Waals surface area (Å²) in [5.74, 6) is -0.0813. The van der Waals surface area contributed by atoms with Gasteiger partial charge in [-0.15, -0.1) is 0 Å². The molecule has 0 spiro atoms. The number of hydrogen-bond donors (Lipinski definition) is 2. The first-order valence-electron chi connectivity index (χ1n) is 8.54. The molecule has 0 fully saturated rings. The normalized spacial score (nSPS) is 10.1. The molecule has 0 radical (unpaired) electrons. The van der Waals surface area contributed by atoms with Crippen LogP contribution in [0.2, 0.25) is 0 Å². The van der Waals surface area contributed by atoms with E-state index < -0.39 is 11.8 Å². The van der Waals surface area contributed by atoms with Gasteiger partial charge in [0.2, 0.25) is 0 Å². The van der Waals surface area contributed by atoms with Gasteiger partial charge < -0.3 is 15.4 Å². The summed E-state index contributed by atoms with van der Waals surface area (Å²) in [4.78, 5) is 24.3. The number of nitrogens with one attached hydrogen (secondary N) is 2. The standard InChI is InChI=1S/C22H20N2O3/c1-15-7-6-10-20(16(15)2)24-22(26)21(25)23-17-11-13-19(14-12-17)27-18-8-4-3-5-9-18/h3-14H,1-2H3,(H,23,25)(H,24,26). The average Bonchev–Trinajstić information content (AvgIpc) is 2.68. The third-order valence-corrected chi connectivity index (χ3v) is 4.15. The first-order chi connectivity index (χ1) is 13.0. The van der Waals surface area contributed by atoms with Crippen LogP contribution in [0.5, 0.6) is 11.5 Å². The number of carbonyl (C=O) groups is 2. The van der Waals surface area contributed by atoms with E-state index in [1.54, 1.807) is 30.3 Å². The minimum absolute atomic E-state index is 0.511. The number of hydrogen-bond acceptors (Lipinski definition) is 3. The van der Waals surface area contributed by atoms with E-state index in [9.17, 15) is 9.59 Å². The van der Waals surface area contributed by atoms with Crippen molar-refractivity contribution in [2.24, 2.45) is 0 Å². The number of para-hydroxylation sites is 1. The molecule has 0 unspecified atom stereocenters. The van der Waals surface area contributed by atoms with Gasteiger partial charge in [0, 0.05) is 11.4 Å². The molecule has 27 heavy (non-hydrogen) atoms. The zero-order valence-corrected chi connectivity index (χ0v) is 15.2. The van der Waals surface area contributed by atoms with Crippen LogP contribution in [0.1, 0.15) is 11.1 Å². The first kappa shape index (κ1) is 18.2. The quantitative estimate of drug-likeness (QED) is 0.664. The predicted molar refractivity (Wildman–Crippen MR) is 106 cm³/mol. The molecule has 3 aromatic rings. The minimum Gasteiger partial charge on any atom is -0.457 e. The molecule has 5 nitrogen and oxygen atoms in total. The Morgan fingerprint density at radius 1 is 0.704 bits per heavy atom. The Bertz CT molecular complexity index is 951. The van der Waals surface area contributed by atoms with Crippen molar-refractivity contribution in [2.45, 2.75) is 13.8 Å². The van der Waals surface area contributed by atoms with Gasteiger partial charge in [0.1, 0.15) is 11.5 Å². The summed E-state index contributed by atoms with van der Waals surface area (Å²) < 4.78 is 5.70. The molecule has 136 valence electrons. The Hall–Kier alpha value is -3.60. The van der Waals surface area contributed by atoms with E-state index in [1.807, 2.05) is 56.3 Å². The molecule has 3 aromatic carbocycles. The smallest absolute Gasteiger partial charge is 0.314 e. The zero-order valence-electron chi connectivity index (χ0n) is 15.2. The lowest BCUT2D eigenvalue weighted by Crippen LogP contribution is -2.29. The minimum atomic E-state index is -0.729. The highest BCUT2D eigenvalue weighted by Crippen LogP contribution is 2.23. The highest BCUT2D eigenvalue weighted by molar-refractivity contribution is 6.43. The molecule has 0 saturated carbocycles. The topological polar surface area (TPSA) is 67.4 Å². The maximum atomic E-state index is 12.1. The van der Waals surface area contributed by atoms with Crippen LogP contribution >= 0.6 is 0 Å². The third kappa shape index (κ3) is 4.73. The number of rotatable bonds is 4. The number of anilines is 2. The van der Waals surface area contributed by atoms with Crippen molar-refractivity contribution in [2.75, 3.05) is 10.6 Å². The molecule has 0 saturated heterocycles. The molecule has 0 aromatic heterocycles. The largest absolute Gasteiger partial charge is 0.457 e. The second kappa shape index (κ2) is 8.19. The van der Waals surface area contributed by atoms with Crippen LogP contribution in [-0.2, 0) is 9.59 Å². The summed E-state index contributed by atoms with van der Waals surface area (Å²) in [7, 11) is 0. The van der Waals surface area contributed by atoms with E-state index in [1.165, 1.54) is 0 Å². The fourth-order valence-corrected chi connectivity index (χ4v) is 2.48. The van der Waals surface area contributed by atoms with E-state index in [0.29, 0.717) is 17.1 Å². The van der Waals surface area contributed by atoms with Gasteiger partial charge in [-0.25, -0.2) is 0 Å². The van der Waals surface area contributed by atoms with Crippen molar-refractivity contribution in [1.82, 2.24) is 0 Å². The van der Waals surface area contributed by atoms with Crippen molar-refractivity contribution >= 4 is 23.2 Å². The number of carbonyl (C=O) groups excluding carboxylic acids is 2. The number of benzene rings is 3. The van der Waals surface area contributed by atoms with Crippen LogP contribution in [0.25, 0.3) is 0 Å². The van der Waals surface area contributed by atoms with Gasteiger partial charge in [-0.2, -0.15) is 0 Å². The van der Waals surface area contributed by atoms with E-state index in [0.717, 1.165) is 16.9 Å². The Labute approximate surface area is 158 Å². The number of aryl methyl sites for hydroxylation is 1.